The van der Waals surface area contributed by atoms with Crippen LogP contribution in [0.2, 0.25) is 0 Å². The minimum Gasteiger partial charge on any atom is -0.399 e. The summed E-state index contributed by atoms with van der Waals surface area (Å²) < 4.78 is 0. The van der Waals surface area contributed by atoms with E-state index in [1.165, 1.54) is 0 Å². The van der Waals surface area contributed by atoms with E-state index in [2.05, 4.69) is 0 Å². The molecule has 2 nitrogen and oxygen atoms in total. The molecule has 2 N–H and O–H groups in total. The van der Waals surface area contributed by atoms with E-state index in [0.29, 0.717) is 0 Å². The lowest BCUT2D eigenvalue weighted by atomic mass is 10.00. The van der Waals surface area contributed by atoms with E-state index in [0.717, 1.165) is 23.1 Å². The fourth-order valence-corrected chi connectivity index (χ4v) is 1.18. The molecule has 0 radical (unpaired) electrons. The highest BCUT2D eigenvalue weighted by Gasteiger charge is 2.03. The van der Waals surface area contributed by atoms with Crippen LogP contribution in [0.4, 0.5) is 5.69 Å². The van der Waals surface area contributed by atoms with Crippen molar-refractivity contribution in [2.75, 3.05) is 5.73 Å². The van der Waals surface area contributed by atoms with E-state index in [4.69, 9.17) is 5.73 Å². The third-order valence-electron chi connectivity index (χ3n) is 1.85. The number of anilines is 1. The number of carbonyl (C=O) groups excluding carboxylic acids is 1. The molecule has 1 unspecified atom stereocenters. The number of nitrogen functional groups attached to an aromatic ring is 1. The number of carbonyl (C=O) groups is 1. The maximum atomic E-state index is 10.5. The number of hydrogen-bond acceptors (Lipinski definition) is 2. The molecule has 1 atom stereocenters. The Morgan fingerprint density at radius 3 is 2.58 bits per heavy atom. The fraction of sp³-hybridized carbons (Fsp3) is 0.300. The van der Waals surface area contributed by atoms with Gasteiger partial charge < -0.3 is 10.5 Å². The maximum Gasteiger partial charge on any atom is 0.127 e. The van der Waals surface area contributed by atoms with Gasteiger partial charge in [0.15, 0.2) is 0 Å². The molecule has 1 rings (SSSR count). The van der Waals surface area contributed by atoms with Crippen LogP contribution in [0.5, 0.6) is 0 Å². The van der Waals surface area contributed by atoms with Crippen LogP contribution in [0.3, 0.4) is 0 Å². The van der Waals surface area contributed by atoms with Crippen molar-refractivity contribution < 1.29 is 4.79 Å². The first-order valence-electron chi connectivity index (χ1n) is 3.96. The molecular weight excluding hydrogens is 150 g/mol. The van der Waals surface area contributed by atoms with Crippen molar-refractivity contribution in [1.29, 1.82) is 0 Å². The molecule has 0 aliphatic carbocycles. The Balaban J connectivity index is 3.08. The van der Waals surface area contributed by atoms with Crippen molar-refractivity contribution in [3.05, 3.63) is 29.3 Å². The smallest absolute Gasteiger partial charge is 0.127 e. The second-order valence-electron chi connectivity index (χ2n) is 3.10. The van der Waals surface area contributed by atoms with E-state index >= 15 is 0 Å². The Morgan fingerprint density at radius 1 is 1.42 bits per heavy atom. The maximum absolute atomic E-state index is 10.5. The normalized spacial score (nSPS) is 12.5. The van der Waals surface area contributed by atoms with E-state index in [9.17, 15) is 4.79 Å². The summed E-state index contributed by atoms with van der Waals surface area (Å²) >= 11 is 0. The Labute approximate surface area is 72.4 Å². The first kappa shape index (κ1) is 8.78. The van der Waals surface area contributed by atoms with Crippen molar-refractivity contribution in [1.82, 2.24) is 0 Å². The zero-order chi connectivity index (χ0) is 9.14. The van der Waals surface area contributed by atoms with Gasteiger partial charge >= 0.3 is 0 Å². The quantitative estimate of drug-likeness (QED) is 0.534. The molecular formula is C10H13NO. The molecule has 2 heteroatoms. The molecule has 0 fully saturated rings. The molecule has 64 valence electrons. The summed E-state index contributed by atoms with van der Waals surface area (Å²) in [5.41, 5.74) is 8.44. The molecule has 1 aromatic carbocycles. The van der Waals surface area contributed by atoms with Gasteiger partial charge in [0, 0.05) is 11.6 Å². The van der Waals surface area contributed by atoms with Gasteiger partial charge in [-0.05, 0) is 30.2 Å². The number of aldehydes is 1. The number of benzene rings is 1. The molecule has 12 heavy (non-hydrogen) atoms. The topological polar surface area (TPSA) is 43.1 Å². The van der Waals surface area contributed by atoms with E-state index in [1.54, 1.807) is 0 Å². The lowest BCUT2D eigenvalue weighted by Gasteiger charge is -2.06. The van der Waals surface area contributed by atoms with Gasteiger partial charge in [0.1, 0.15) is 6.29 Å². The van der Waals surface area contributed by atoms with E-state index in [1.807, 2.05) is 32.0 Å². The molecule has 0 saturated carbocycles. The van der Waals surface area contributed by atoms with Crippen molar-refractivity contribution in [2.24, 2.45) is 0 Å². The Bertz CT molecular complexity index is 274. The summed E-state index contributed by atoms with van der Waals surface area (Å²) in [6, 6.07) is 5.71. The number of nitrogens with two attached hydrogens (primary N) is 1. The predicted molar refractivity (Wildman–Crippen MR) is 50.1 cm³/mol. The fourth-order valence-electron chi connectivity index (χ4n) is 1.18. The molecule has 0 aliphatic heterocycles. The highest BCUT2D eigenvalue weighted by Crippen LogP contribution is 2.18. The summed E-state index contributed by atoms with van der Waals surface area (Å²) in [5, 5.41) is 0. The second-order valence-corrected chi connectivity index (χ2v) is 3.10. The summed E-state index contributed by atoms with van der Waals surface area (Å²) in [6.07, 6.45) is 0.925. The van der Waals surface area contributed by atoms with Crippen molar-refractivity contribution in [2.45, 2.75) is 19.8 Å². The van der Waals surface area contributed by atoms with Crippen LogP contribution in [-0.2, 0) is 4.79 Å². The molecule has 0 aromatic heterocycles. The SMILES string of the molecule is Cc1cc(N)cc(C(C)C=O)c1. The van der Waals surface area contributed by atoms with Gasteiger partial charge in [-0.25, -0.2) is 0 Å². The minimum absolute atomic E-state index is 0.0628. The van der Waals surface area contributed by atoms with Crippen LogP contribution in [0.25, 0.3) is 0 Å². The lowest BCUT2D eigenvalue weighted by Crippen LogP contribution is -1.97. The van der Waals surface area contributed by atoms with Crippen molar-refractivity contribution >= 4 is 12.0 Å². The molecule has 0 saturated heterocycles. The zero-order valence-electron chi connectivity index (χ0n) is 7.37. The average Bonchev–Trinajstić information content (AvgIpc) is 2.01. The van der Waals surface area contributed by atoms with E-state index < -0.39 is 0 Å². The standard InChI is InChI=1S/C10H13NO/c1-7-3-9(8(2)6-12)5-10(11)4-7/h3-6,8H,11H2,1-2H3. The van der Waals surface area contributed by atoms with Gasteiger partial charge in [-0.3, -0.25) is 0 Å². The number of aryl methyl sites for hydroxylation is 1. The first-order chi connectivity index (χ1) is 5.63. The second kappa shape index (κ2) is 3.39. The third kappa shape index (κ3) is 1.84. The molecule has 0 heterocycles. The average molecular weight is 163 g/mol. The zero-order valence-corrected chi connectivity index (χ0v) is 7.37. The number of hydrogen-bond donors (Lipinski definition) is 1. The minimum atomic E-state index is -0.0628. The highest BCUT2D eigenvalue weighted by molar-refractivity contribution is 5.63. The van der Waals surface area contributed by atoms with Crippen molar-refractivity contribution in [3.8, 4) is 0 Å². The lowest BCUT2D eigenvalue weighted by molar-refractivity contribution is -0.108. The number of rotatable bonds is 2. The Hall–Kier alpha value is -1.31. The van der Waals surface area contributed by atoms with Gasteiger partial charge in [0.25, 0.3) is 0 Å². The van der Waals surface area contributed by atoms with Gasteiger partial charge in [-0.2, -0.15) is 0 Å². The van der Waals surface area contributed by atoms with Crippen molar-refractivity contribution in [3.63, 3.8) is 0 Å². The van der Waals surface area contributed by atoms with Gasteiger partial charge in [-0.1, -0.05) is 13.0 Å². The summed E-state index contributed by atoms with van der Waals surface area (Å²) in [5.74, 6) is -0.0628. The van der Waals surface area contributed by atoms with Crippen LogP contribution in [-0.4, -0.2) is 6.29 Å². The molecule has 0 spiro atoms. The van der Waals surface area contributed by atoms with Gasteiger partial charge in [0.05, 0.1) is 0 Å². The largest absolute Gasteiger partial charge is 0.399 e. The summed E-state index contributed by atoms with van der Waals surface area (Å²) in [4.78, 5) is 10.5. The molecule has 0 bridgehead atoms. The molecule has 1 aromatic rings. The monoisotopic (exact) mass is 163 g/mol. The van der Waals surface area contributed by atoms with E-state index in [-0.39, 0.29) is 5.92 Å². The van der Waals surface area contributed by atoms with Crippen LogP contribution in [0.15, 0.2) is 18.2 Å². The van der Waals surface area contributed by atoms with Crippen LogP contribution >= 0.6 is 0 Å². The van der Waals surface area contributed by atoms with Gasteiger partial charge in [-0.15, -0.1) is 0 Å². The summed E-state index contributed by atoms with van der Waals surface area (Å²) in [7, 11) is 0. The Morgan fingerprint density at radius 2 is 2.08 bits per heavy atom. The molecule has 0 aliphatic rings. The van der Waals surface area contributed by atoms with Crippen LogP contribution in [0, 0.1) is 6.92 Å². The predicted octanol–water partition coefficient (Wildman–Crippen LogP) is 1.88. The third-order valence-corrected chi connectivity index (χ3v) is 1.85. The Kier molecular flexibility index (Phi) is 2.48. The van der Waals surface area contributed by atoms with Crippen LogP contribution < -0.4 is 5.73 Å². The highest BCUT2D eigenvalue weighted by atomic mass is 16.1. The van der Waals surface area contributed by atoms with Crippen LogP contribution in [0.1, 0.15) is 24.0 Å². The van der Waals surface area contributed by atoms with Gasteiger partial charge in [0.2, 0.25) is 0 Å². The first-order valence-corrected chi connectivity index (χ1v) is 3.96. The molecule has 0 amide bonds. The summed E-state index contributed by atoms with van der Waals surface area (Å²) in [6.45, 7) is 3.83.